The summed E-state index contributed by atoms with van der Waals surface area (Å²) in [5.74, 6) is 1.37. The first-order valence-corrected chi connectivity index (χ1v) is 5.92. The van der Waals surface area contributed by atoms with Gasteiger partial charge in [-0.25, -0.2) is 4.68 Å². The Bertz CT molecular complexity index is 535. The Kier molecular flexibility index (Phi) is 3.03. The summed E-state index contributed by atoms with van der Waals surface area (Å²) in [6.45, 7) is 6.43. The van der Waals surface area contributed by atoms with Crippen LogP contribution in [-0.4, -0.2) is 16.9 Å². The summed E-state index contributed by atoms with van der Waals surface area (Å²) < 4.78 is 7.04. The molecule has 0 aliphatic rings. The lowest BCUT2D eigenvalue weighted by Crippen LogP contribution is -2.17. The van der Waals surface area contributed by atoms with Crippen molar-refractivity contribution in [2.75, 3.05) is 12.8 Å². The topological polar surface area (TPSA) is 53.1 Å². The normalized spacial score (nSPS) is 11.6. The van der Waals surface area contributed by atoms with Crippen LogP contribution in [0.25, 0.3) is 5.69 Å². The zero-order chi connectivity index (χ0) is 13.3. The molecule has 0 radical (unpaired) electrons. The lowest BCUT2D eigenvalue weighted by molar-refractivity contribution is 0.414. The summed E-state index contributed by atoms with van der Waals surface area (Å²) in [7, 11) is 1.65. The Balaban J connectivity index is 2.49. The number of benzene rings is 1. The maximum Gasteiger partial charge on any atom is 0.146 e. The molecule has 0 amide bonds. The van der Waals surface area contributed by atoms with Gasteiger partial charge < -0.3 is 10.5 Å². The average molecular weight is 245 g/mol. The van der Waals surface area contributed by atoms with Gasteiger partial charge in [0.1, 0.15) is 11.6 Å². The van der Waals surface area contributed by atoms with Crippen molar-refractivity contribution in [3.63, 3.8) is 0 Å². The summed E-state index contributed by atoms with van der Waals surface area (Å²) in [6, 6.07) is 9.70. The summed E-state index contributed by atoms with van der Waals surface area (Å²) in [4.78, 5) is 0. The van der Waals surface area contributed by atoms with Gasteiger partial charge in [-0.2, -0.15) is 5.10 Å². The SMILES string of the molecule is COc1ccc(-n2nc(N)cc2C(C)(C)C)cc1. The molecule has 0 saturated heterocycles. The second-order valence-electron chi connectivity index (χ2n) is 5.31. The van der Waals surface area contributed by atoms with Gasteiger partial charge in [0.05, 0.1) is 18.5 Å². The molecule has 0 aliphatic heterocycles. The van der Waals surface area contributed by atoms with Crippen molar-refractivity contribution in [1.29, 1.82) is 0 Å². The van der Waals surface area contributed by atoms with Crippen molar-refractivity contribution in [2.24, 2.45) is 0 Å². The molecule has 2 rings (SSSR count). The summed E-state index contributed by atoms with van der Waals surface area (Å²) in [6.07, 6.45) is 0. The molecule has 1 aromatic heterocycles. The quantitative estimate of drug-likeness (QED) is 0.885. The van der Waals surface area contributed by atoms with Gasteiger partial charge in [-0.15, -0.1) is 0 Å². The number of nitrogen functional groups attached to an aromatic ring is 1. The average Bonchev–Trinajstić information content (AvgIpc) is 2.71. The molecule has 2 aromatic rings. The molecule has 1 aromatic carbocycles. The fraction of sp³-hybridized carbons (Fsp3) is 0.357. The number of aromatic nitrogens is 2. The van der Waals surface area contributed by atoms with Crippen LogP contribution in [0.15, 0.2) is 30.3 Å². The van der Waals surface area contributed by atoms with Gasteiger partial charge in [-0.1, -0.05) is 20.8 Å². The van der Waals surface area contributed by atoms with Crippen LogP contribution in [0.3, 0.4) is 0 Å². The number of rotatable bonds is 2. The number of methoxy groups -OCH3 is 1. The third-order valence-electron chi connectivity index (χ3n) is 2.81. The second-order valence-corrected chi connectivity index (χ2v) is 5.31. The van der Waals surface area contributed by atoms with Crippen molar-refractivity contribution >= 4 is 5.82 Å². The minimum Gasteiger partial charge on any atom is -0.497 e. The van der Waals surface area contributed by atoms with Crippen molar-refractivity contribution in [3.05, 3.63) is 36.0 Å². The Morgan fingerprint density at radius 3 is 2.28 bits per heavy atom. The highest BCUT2D eigenvalue weighted by molar-refractivity contribution is 5.43. The molecular formula is C14H19N3O. The summed E-state index contributed by atoms with van der Waals surface area (Å²) in [5.41, 5.74) is 7.88. The molecule has 1 heterocycles. The third-order valence-corrected chi connectivity index (χ3v) is 2.81. The molecule has 4 heteroatoms. The van der Waals surface area contributed by atoms with E-state index in [1.54, 1.807) is 7.11 Å². The minimum absolute atomic E-state index is 0.00938. The lowest BCUT2D eigenvalue weighted by Gasteiger charge is -2.20. The van der Waals surface area contributed by atoms with Crippen LogP contribution in [0, 0.1) is 0 Å². The first-order chi connectivity index (χ1) is 8.41. The Hall–Kier alpha value is -1.97. The van der Waals surface area contributed by atoms with E-state index < -0.39 is 0 Å². The summed E-state index contributed by atoms with van der Waals surface area (Å²) >= 11 is 0. The largest absolute Gasteiger partial charge is 0.497 e. The predicted molar refractivity (Wildman–Crippen MR) is 73.2 cm³/mol. The molecule has 0 unspecified atom stereocenters. The van der Waals surface area contributed by atoms with Gasteiger partial charge in [0, 0.05) is 11.5 Å². The molecule has 18 heavy (non-hydrogen) atoms. The first-order valence-electron chi connectivity index (χ1n) is 5.92. The molecule has 0 saturated carbocycles. The van der Waals surface area contributed by atoms with E-state index in [0.717, 1.165) is 17.1 Å². The maximum atomic E-state index is 5.81. The number of nitrogens with zero attached hydrogens (tertiary/aromatic N) is 2. The van der Waals surface area contributed by atoms with Gasteiger partial charge in [-0.3, -0.25) is 0 Å². The molecule has 0 spiro atoms. The Morgan fingerprint density at radius 1 is 1.17 bits per heavy atom. The molecule has 0 aliphatic carbocycles. The van der Waals surface area contributed by atoms with E-state index in [4.69, 9.17) is 10.5 Å². The second kappa shape index (κ2) is 4.37. The standard InChI is InChI=1S/C14H19N3O/c1-14(2,3)12-9-13(15)16-17(12)10-5-7-11(18-4)8-6-10/h5-9H,1-4H3,(H2,15,16). The van der Waals surface area contributed by atoms with Gasteiger partial charge in [0.25, 0.3) is 0 Å². The molecular weight excluding hydrogens is 226 g/mol. The smallest absolute Gasteiger partial charge is 0.146 e. The highest BCUT2D eigenvalue weighted by Crippen LogP contribution is 2.27. The fourth-order valence-corrected chi connectivity index (χ4v) is 1.85. The molecule has 4 nitrogen and oxygen atoms in total. The third kappa shape index (κ3) is 2.32. The van der Waals surface area contributed by atoms with E-state index in [0.29, 0.717) is 5.82 Å². The molecule has 0 bridgehead atoms. The monoisotopic (exact) mass is 245 g/mol. The highest BCUT2D eigenvalue weighted by Gasteiger charge is 2.21. The van der Waals surface area contributed by atoms with E-state index >= 15 is 0 Å². The van der Waals surface area contributed by atoms with Crippen LogP contribution in [0.4, 0.5) is 5.82 Å². The van der Waals surface area contributed by atoms with Crippen molar-refractivity contribution in [2.45, 2.75) is 26.2 Å². The van der Waals surface area contributed by atoms with E-state index in [9.17, 15) is 0 Å². The predicted octanol–water partition coefficient (Wildman–Crippen LogP) is 2.76. The van der Waals surface area contributed by atoms with Crippen molar-refractivity contribution in [3.8, 4) is 11.4 Å². The summed E-state index contributed by atoms with van der Waals surface area (Å²) in [5, 5.41) is 4.36. The molecule has 2 N–H and O–H groups in total. The lowest BCUT2D eigenvalue weighted by atomic mass is 9.92. The van der Waals surface area contributed by atoms with E-state index in [1.165, 1.54) is 0 Å². The Labute approximate surface area is 107 Å². The zero-order valence-electron chi connectivity index (χ0n) is 11.3. The maximum absolute atomic E-state index is 5.81. The number of hydrogen-bond acceptors (Lipinski definition) is 3. The first kappa shape index (κ1) is 12.5. The van der Waals surface area contributed by atoms with Crippen LogP contribution >= 0.6 is 0 Å². The fourth-order valence-electron chi connectivity index (χ4n) is 1.85. The van der Waals surface area contributed by atoms with Crippen LogP contribution in [-0.2, 0) is 5.41 Å². The van der Waals surface area contributed by atoms with Crippen LogP contribution in [0.2, 0.25) is 0 Å². The van der Waals surface area contributed by atoms with Gasteiger partial charge >= 0.3 is 0 Å². The zero-order valence-corrected chi connectivity index (χ0v) is 11.3. The van der Waals surface area contributed by atoms with Gasteiger partial charge in [0.2, 0.25) is 0 Å². The van der Waals surface area contributed by atoms with Crippen molar-refractivity contribution in [1.82, 2.24) is 9.78 Å². The van der Waals surface area contributed by atoms with Crippen LogP contribution in [0.1, 0.15) is 26.5 Å². The van der Waals surface area contributed by atoms with Crippen molar-refractivity contribution < 1.29 is 4.74 Å². The van der Waals surface area contributed by atoms with Crippen LogP contribution < -0.4 is 10.5 Å². The van der Waals surface area contributed by atoms with Gasteiger partial charge in [0.15, 0.2) is 0 Å². The Morgan fingerprint density at radius 2 is 1.78 bits per heavy atom. The van der Waals surface area contributed by atoms with E-state index in [1.807, 2.05) is 35.0 Å². The number of anilines is 1. The number of nitrogens with two attached hydrogens (primary N) is 1. The molecule has 96 valence electrons. The number of hydrogen-bond donors (Lipinski definition) is 1. The number of ether oxygens (including phenoxy) is 1. The minimum atomic E-state index is -0.00938. The van der Waals surface area contributed by atoms with E-state index in [-0.39, 0.29) is 5.41 Å². The molecule has 0 fully saturated rings. The molecule has 0 atom stereocenters. The van der Waals surface area contributed by atoms with E-state index in [2.05, 4.69) is 25.9 Å². The highest BCUT2D eigenvalue weighted by atomic mass is 16.5. The van der Waals surface area contributed by atoms with Crippen LogP contribution in [0.5, 0.6) is 5.75 Å². The van der Waals surface area contributed by atoms with Gasteiger partial charge in [-0.05, 0) is 24.3 Å².